The zero-order valence-electron chi connectivity index (χ0n) is 17.4. The number of fused-ring (bicyclic) bond motifs is 1. The number of hydrogen-bond acceptors (Lipinski definition) is 6. The van der Waals surface area contributed by atoms with Crippen molar-refractivity contribution in [3.8, 4) is 5.88 Å². The normalized spacial score (nSPS) is 12.9. The molecular formula is C21H34F2N4O4S. The number of piperazine rings is 1. The second-order valence-corrected chi connectivity index (χ2v) is 6.90. The van der Waals surface area contributed by atoms with Crippen LogP contribution in [0.15, 0.2) is 48.0 Å². The number of hydrogen-bond donors (Lipinski definition) is 2. The van der Waals surface area contributed by atoms with Crippen molar-refractivity contribution in [2.75, 3.05) is 46.3 Å². The fraction of sp³-hybridized carbons (Fsp3) is 0.429. The standard InChI is InChI=1S/C10H7F2NOS.C10H19N3O.CH4.2H2O/c11-10(12)14-9-7-2-1-3-8(15)6(7)4-5-13-9;1-3-10(14)12(2)8-9-13-6-4-11-5-7-13;;;/h1-5,10,15H;3,11H,1,4-9H2,2H3;1H4;2*1H2. The first kappa shape index (κ1) is 31.9. The number of carbonyl (C=O) groups excluding carboxylic acids is 1. The maximum absolute atomic E-state index is 12.1. The highest BCUT2D eigenvalue weighted by Crippen LogP contribution is 2.28. The van der Waals surface area contributed by atoms with Crippen molar-refractivity contribution in [3.05, 3.63) is 43.1 Å². The summed E-state index contributed by atoms with van der Waals surface area (Å²) in [6, 6.07) is 6.86. The largest absolute Gasteiger partial charge is 0.416 e. The molecule has 0 radical (unpaired) electrons. The molecule has 1 aliphatic heterocycles. The lowest BCUT2D eigenvalue weighted by molar-refractivity contribution is -0.124. The van der Waals surface area contributed by atoms with Crippen LogP contribution in [0.25, 0.3) is 10.8 Å². The molecule has 0 atom stereocenters. The van der Waals surface area contributed by atoms with Gasteiger partial charge in [0.1, 0.15) is 0 Å². The molecule has 11 heteroatoms. The number of likely N-dealkylation sites (N-methyl/N-ethyl adjacent to an activating group) is 1. The average Bonchev–Trinajstić information content (AvgIpc) is 2.73. The van der Waals surface area contributed by atoms with E-state index in [1.54, 1.807) is 29.2 Å². The molecular weight excluding hydrogens is 442 g/mol. The topological polar surface area (TPSA) is 121 Å². The van der Waals surface area contributed by atoms with Crippen molar-refractivity contribution in [3.63, 3.8) is 0 Å². The summed E-state index contributed by atoms with van der Waals surface area (Å²) in [6.07, 6.45) is 2.78. The summed E-state index contributed by atoms with van der Waals surface area (Å²) in [4.78, 5) is 19.7. The Morgan fingerprint density at radius 2 is 1.97 bits per heavy atom. The molecule has 0 unspecified atom stereocenters. The van der Waals surface area contributed by atoms with Crippen LogP contribution in [0.5, 0.6) is 5.88 Å². The Morgan fingerprint density at radius 1 is 1.31 bits per heavy atom. The van der Waals surface area contributed by atoms with Gasteiger partial charge in [-0.2, -0.15) is 8.78 Å². The molecule has 32 heavy (non-hydrogen) atoms. The van der Waals surface area contributed by atoms with E-state index in [4.69, 9.17) is 0 Å². The summed E-state index contributed by atoms with van der Waals surface area (Å²) in [6.45, 7) is 6.60. The van der Waals surface area contributed by atoms with Gasteiger partial charge in [-0.05, 0) is 24.3 Å². The van der Waals surface area contributed by atoms with E-state index in [0.29, 0.717) is 10.3 Å². The minimum atomic E-state index is -2.87. The Hall–Kier alpha value is -2.31. The Balaban J connectivity index is 0. The van der Waals surface area contributed by atoms with E-state index in [0.717, 1.165) is 44.7 Å². The van der Waals surface area contributed by atoms with Crippen LogP contribution in [-0.2, 0) is 4.79 Å². The molecule has 3 rings (SSSR count). The lowest BCUT2D eigenvalue weighted by atomic mass is 10.2. The fourth-order valence-electron chi connectivity index (χ4n) is 2.83. The van der Waals surface area contributed by atoms with Crippen LogP contribution in [-0.4, -0.2) is 84.6 Å². The van der Waals surface area contributed by atoms with E-state index >= 15 is 0 Å². The van der Waals surface area contributed by atoms with Gasteiger partial charge in [0.25, 0.3) is 0 Å². The van der Waals surface area contributed by atoms with Crippen LogP contribution in [0.1, 0.15) is 7.43 Å². The molecule has 5 N–H and O–H groups in total. The summed E-state index contributed by atoms with van der Waals surface area (Å²) >= 11 is 4.22. The third-order valence-corrected chi connectivity index (χ3v) is 4.85. The summed E-state index contributed by atoms with van der Waals surface area (Å²) in [5, 5.41) is 4.57. The number of halogens is 2. The maximum Gasteiger partial charge on any atom is 0.388 e. The first-order chi connectivity index (χ1) is 13.9. The number of rotatable bonds is 6. The Kier molecular flexibility index (Phi) is 16.3. The number of alkyl halides is 2. The molecule has 1 aliphatic rings. The number of amides is 1. The van der Waals surface area contributed by atoms with Gasteiger partial charge in [-0.25, -0.2) is 4.98 Å². The van der Waals surface area contributed by atoms with Gasteiger partial charge in [0.05, 0.1) is 0 Å². The first-order valence-corrected chi connectivity index (χ1v) is 9.69. The Labute approximate surface area is 193 Å². The molecule has 8 nitrogen and oxygen atoms in total. The molecule has 1 aromatic heterocycles. The third kappa shape index (κ3) is 9.88. The summed E-state index contributed by atoms with van der Waals surface area (Å²) < 4.78 is 28.4. The molecule has 182 valence electrons. The van der Waals surface area contributed by atoms with Crippen molar-refractivity contribution in [2.45, 2.75) is 18.9 Å². The van der Waals surface area contributed by atoms with Gasteiger partial charge < -0.3 is 25.9 Å². The molecule has 2 heterocycles. The van der Waals surface area contributed by atoms with Crippen LogP contribution in [0.2, 0.25) is 0 Å². The monoisotopic (exact) mass is 476 g/mol. The number of nitrogens with zero attached hydrogens (tertiary/aromatic N) is 3. The number of thiol groups is 1. The van der Waals surface area contributed by atoms with Gasteiger partial charge in [0.15, 0.2) is 0 Å². The first-order valence-electron chi connectivity index (χ1n) is 9.24. The minimum absolute atomic E-state index is 0. The number of pyridine rings is 1. The average molecular weight is 477 g/mol. The quantitative estimate of drug-likeness (QED) is 0.485. The molecule has 0 saturated carbocycles. The van der Waals surface area contributed by atoms with Crippen LogP contribution in [0.4, 0.5) is 8.78 Å². The summed E-state index contributed by atoms with van der Waals surface area (Å²) in [7, 11) is 1.81. The molecule has 0 aliphatic carbocycles. The van der Waals surface area contributed by atoms with E-state index in [2.05, 4.69) is 39.1 Å². The highest BCUT2D eigenvalue weighted by atomic mass is 32.1. The van der Waals surface area contributed by atoms with E-state index in [1.165, 1.54) is 12.3 Å². The molecule has 1 aromatic carbocycles. The number of benzene rings is 1. The van der Waals surface area contributed by atoms with Crippen molar-refractivity contribution >= 4 is 29.3 Å². The van der Waals surface area contributed by atoms with E-state index < -0.39 is 6.61 Å². The van der Waals surface area contributed by atoms with Crippen LogP contribution in [0.3, 0.4) is 0 Å². The number of ether oxygens (including phenoxy) is 1. The predicted octanol–water partition coefficient (Wildman–Crippen LogP) is 1.65. The number of carbonyl (C=O) groups is 1. The van der Waals surface area contributed by atoms with Gasteiger partial charge in [-0.3, -0.25) is 9.69 Å². The summed E-state index contributed by atoms with van der Waals surface area (Å²) in [5.74, 6) is -0.0708. The van der Waals surface area contributed by atoms with Crippen molar-refractivity contribution in [1.82, 2.24) is 20.1 Å². The maximum atomic E-state index is 12.1. The molecule has 2 aromatic rings. The molecule has 1 fully saturated rings. The minimum Gasteiger partial charge on any atom is -0.416 e. The second-order valence-electron chi connectivity index (χ2n) is 6.42. The molecule has 1 amide bonds. The van der Waals surface area contributed by atoms with Crippen LogP contribution >= 0.6 is 12.6 Å². The van der Waals surface area contributed by atoms with Crippen LogP contribution < -0.4 is 10.1 Å². The number of nitrogens with one attached hydrogen (secondary N) is 1. The highest BCUT2D eigenvalue weighted by Gasteiger charge is 2.11. The fourth-order valence-corrected chi connectivity index (χ4v) is 3.12. The predicted molar refractivity (Wildman–Crippen MR) is 127 cm³/mol. The lowest BCUT2D eigenvalue weighted by Gasteiger charge is -2.28. The smallest absolute Gasteiger partial charge is 0.388 e. The number of aromatic nitrogens is 1. The molecule has 0 bridgehead atoms. The van der Waals surface area contributed by atoms with Gasteiger partial charge >= 0.3 is 6.61 Å². The highest BCUT2D eigenvalue weighted by molar-refractivity contribution is 7.80. The van der Waals surface area contributed by atoms with E-state index in [1.807, 2.05) is 7.05 Å². The van der Waals surface area contributed by atoms with E-state index in [-0.39, 0.29) is 30.2 Å². The Morgan fingerprint density at radius 3 is 2.56 bits per heavy atom. The van der Waals surface area contributed by atoms with Crippen molar-refractivity contribution < 1.29 is 29.3 Å². The molecule has 1 saturated heterocycles. The van der Waals surface area contributed by atoms with E-state index in [9.17, 15) is 13.6 Å². The van der Waals surface area contributed by atoms with Gasteiger partial charge in [0.2, 0.25) is 11.8 Å². The van der Waals surface area contributed by atoms with Gasteiger partial charge in [0, 0.05) is 68.2 Å². The lowest BCUT2D eigenvalue weighted by Crippen LogP contribution is -2.46. The zero-order valence-corrected chi connectivity index (χ0v) is 18.2. The van der Waals surface area contributed by atoms with Gasteiger partial charge in [-0.1, -0.05) is 20.1 Å². The third-order valence-electron chi connectivity index (χ3n) is 4.46. The van der Waals surface area contributed by atoms with Gasteiger partial charge in [-0.15, -0.1) is 12.6 Å². The van der Waals surface area contributed by atoms with Crippen molar-refractivity contribution in [2.24, 2.45) is 0 Å². The second kappa shape index (κ2) is 16.3. The molecule has 0 spiro atoms. The Bertz CT molecular complexity index is 823. The van der Waals surface area contributed by atoms with Crippen LogP contribution in [0, 0.1) is 0 Å². The zero-order chi connectivity index (χ0) is 21.2. The van der Waals surface area contributed by atoms with Crippen molar-refractivity contribution in [1.29, 1.82) is 0 Å². The summed E-state index contributed by atoms with van der Waals surface area (Å²) in [5.41, 5.74) is 0. The SMILES string of the molecule is C.C=CC(=O)N(C)CCN1CCNCC1.FC(F)Oc1nccc2c(S)cccc12.O.O.